The molecule has 0 aromatic heterocycles. The molecule has 0 spiro atoms. The lowest BCUT2D eigenvalue weighted by atomic mass is 10.2. The van der Waals surface area contributed by atoms with E-state index in [1.54, 1.807) is 50.4 Å². The Morgan fingerprint density at radius 1 is 1.21 bits per heavy atom. The van der Waals surface area contributed by atoms with Crippen molar-refractivity contribution in [3.05, 3.63) is 53.1 Å². The SMILES string of the molecule is CCN(CC(=O)Nc1cccc(OC)c1)C(=O)C(C)Oc1cc(C)ccc1Cl. The van der Waals surface area contributed by atoms with Gasteiger partial charge in [0, 0.05) is 18.3 Å². The zero-order valence-corrected chi connectivity index (χ0v) is 17.2. The molecule has 0 heterocycles. The van der Waals surface area contributed by atoms with Gasteiger partial charge in [0.05, 0.1) is 18.7 Å². The molecule has 2 aromatic carbocycles. The Hall–Kier alpha value is -2.73. The van der Waals surface area contributed by atoms with Crippen LogP contribution in [-0.4, -0.2) is 43.0 Å². The van der Waals surface area contributed by atoms with E-state index in [1.165, 1.54) is 4.90 Å². The third-order valence-corrected chi connectivity index (χ3v) is 4.43. The summed E-state index contributed by atoms with van der Waals surface area (Å²) in [6, 6.07) is 12.4. The van der Waals surface area contributed by atoms with Crippen LogP contribution in [0.3, 0.4) is 0 Å². The molecule has 0 fully saturated rings. The normalized spacial score (nSPS) is 11.5. The van der Waals surface area contributed by atoms with Gasteiger partial charge in [-0.2, -0.15) is 0 Å². The van der Waals surface area contributed by atoms with Gasteiger partial charge >= 0.3 is 0 Å². The Balaban J connectivity index is 1.99. The molecule has 0 bridgehead atoms. The van der Waals surface area contributed by atoms with Crippen molar-refractivity contribution < 1.29 is 19.1 Å². The number of halogens is 1. The van der Waals surface area contributed by atoms with Gasteiger partial charge in [0.25, 0.3) is 5.91 Å². The number of ether oxygens (including phenoxy) is 2. The number of carbonyl (C=O) groups is 2. The fourth-order valence-corrected chi connectivity index (χ4v) is 2.78. The monoisotopic (exact) mass is 404 g/mol. The van der Waals surface area contributed by atoms with Crippen LogP contribution in [0.1, 0.15) is 19.4 Å². The highest BCUT2D eigenvalue weighted by Gasteiger charge is 2.23. The highest BCUT2D eigenvalue weighted by molar-refractivity contribution is 6.32. The lowest BCUT2D eigenvalue weighted by molar-refractivity contribution is -0.140. The van der Waals surface area contributed by atoms with Crippen LogP contribution in [0.15, 0.2) is 42.5 Å². The van der Waals surface area contributed by atoms with Gasteiger partial charge in [0.15, 0.2) is 6.10 Å². The summed E-state index contributed by atoms with van der Waals surface area (Å²) in [7, 11) is 1.56. The molecule has 0 aliphatic carbocycles. The van der Waals surface area contributed by atoms with Crippen LogP contribution < -0.4 is 14.8 Å². The first-order chi connectivity index (χ1) is 13.3. The number of hydrogen-bond donors (Lipinski definition) is 1. The molecule has 28 heavy (non-hydrogen) atoms. The maximum atomic E-state index is 12.7. The quantitative estimate of drug-likeness (QED) is 0.724. The fraction of sp³-hybridized carbons (Fsp3) is 0.333. The number of nitrogens with one attached hydrogen (secondary N) is 1. The van der Waals surface area contributed by atoms with Crippen molar-refractivity contribution in [3.63, 3.8) is 0 Å². The smallest absolute Gasteiger partial charge is 0.263 e. The van der Waals surface area contributed by atoms with Gasteiger partial charge in [-0.1, -0.05) is 23.7 Å². The number of carbonyl (C=O) groups excluding carboxylic acids is 2. The second-order valence-corrected chi connectivity index (χ2v) is 6.73. The highest BCUT2D eigenvalue weighted by Crippen LogP contribution is 2.26. The van der Waals surface area contributed by atoms with Crippen LogP contribution in [-0.2, 0) is 9.59 Å². The van der Waals surface area contributed by atoms with E-state index in [2.05, 4.69) is 5.32 Å². The maximum absolute atomic E-state index is 12.7. The van der Waals surface area contributed by atoms with E-state index in [-0.39, 0.29) is 18.4 Å². The van der Waals surface area contributed by atoms with E-state index in [1.807, 2.05) is 19.9 Å². The van der Waals surface area contributed by atoms with Gasteiger partial charge in [-0.15, -0.1) is 0 Å². The molecule has 2 rings (SSSR count). The van der Waals surface area contributed by atoms with Crippen LogP contribution in [0, 0.1) is 6.92 Å². The molecular weight excluding hydrogens is 380 g/mol. The second-order valence-electron chi connectivity index (χ2n) is 6.33. The number of methoxy groups -OCH3 is 1. The van der Waals surface area contributed by atoms with Crippen molar-refractivity contribution in [3.8, 4) is 11.5 Å². The predicted molar refractivity (Wildman–Crippen MR) is 110 cm³/mol. The van der Waals surface area contributed by atoms with Crippen molar-refractivity contribution in [1.29, 1.82) is 0 Å². The van der Waals surface area contributed by atoms with Gasteiger partial charge in [-0.3, -0.25) is 9.59 Å². The number of amides is 2. The summed E-state index contributed by atoms with van der Waals surface area (Å²) in [5.74, 6) is 0.489. The molecule has 150 valence electrons. The topological polar surface area (TPSA) is 67.9 Å². The first-order valence-electron chi connectivity index (χ1n) is 8.99. The number of rotatable bonds is 8. The van der Waals surface area contributed by atoms with Crippen molar-refractivity contribution in [2.45, 2.75) is 26.9 Å². The summed E-state index contributed by atoms with van der Waals surface area (Å²) < 4.78 is 10.9. The number of anilines is 1. The summed E-state index contributed by atoms with van der Waals surface area (Å²) in [6.45, 7) is 5.66. The minimum atomic E-state index is -0.774. The first-order valence-corrected chi connectivity index (χ1v) is 9.37. The molecule has 7 heteroatoms. The summed E-state index contributed by atoms with van der Waals surface area (Å²) in [5.41, 5.74) is 1.58. The number of aryl methyl sites for hydroxylation is 1. The predicted octanol–water partition coefficient (Wildman–Crippen LogP) is 3.91. The summed E-state index contributed by atoms with van der Waals surface area (Å²) in [6.07, 6.45) is -0.774. The summed E-state index contributed by atoms with van der Waals surface area (Å²) in [4.78, 5) is 26.5. The Morgan fingerprint density at radius 3 is 2.64 bits per heavy atom. The molecule has 1 N–H and O–H groups in total. The second kappa shape index (κ2) is 9.99. The van der Waals surface area contributed by atoms with Gasteiger partial charge in [-0.25, -0.2) is 0 Å². The molecule has 0 aliphatic rings. The van der Waals surface area contributed by atoms with Crippen molar-refractivity contribution >= 4 is 29.1 Å². The average molecular weight is 405 g/mol. The summed E-state index contributed by atoms with van der Waals surface area (Å²) >= 11 is 6.13. The van der Waals surface area contributed by atoms with Gasteiger partial charge in [0.1, 0.15) is 11.5 Å². The van der Waals surface area contributed by atoms with Crippen molar-refractivity contribution in [2.75, 3.05) is 25.5 Å². The zero-order chi connectivity index (χ0) is 20.7. The average Bonchev–Trinajstić information content (AvgIpc) is 2.68. The number of benzene rings is 2. The lowest BCUT2D eigenvalue weighted by Crippen LogP contribution is -2.44. The van der Waals surface area contributed by atoms with Crippen LogP contribution in [0.2, 0.25) is 5.02 Å². The van der Waals surface area contributed by atoms with Gasteiger partial charge in [0.2, 0.25) is 5.91 Å². The van der Waals surface area contributed by atoms with Crippen LogP contribution in [0.4, 0.5) is 5.69 Å². The standard InChI is InChI=1S/C21H25ClN2O4/c1-5-24(13-20(25)23-16-7-6-8-17(12-16)27-4)21(26)15(3)28-19-11-14(2)9-10-18(19)22/h6-12,15H,5,13H2,1-4H3,(H,23,25). The van der Waals surface area contributed by atoms with E-state index in [9.17, 15) is 9.59 Å². The molecule has 0 saturated heterocycles. The highest BCUT2D eigenvalue weighted by atomic mass is 35.5. The maximum Gasteiger partial charge on any atom is 0.263 e. The lowest BCUT2D eigenvalue weighted by Gasteiger charge is -2.24. The molecule has 0 saturated carbocycles. The van der Waals surface area contributed by atoms with Gasteiger partial charge < -0.3 is 19.7 Å². The minimum Gasteiger partial charge on any atom is -0.497 e. The molecule has 0 aliphatic heterocycles. The van der Waals surface area contributed by atoms with E-state index in [0.717, 1.165) is 5.56 Å². The molecule has 0 radical (unpaired) electrons. The molecule has 1 atom stereocenters. The number of nitrogens with zero attached hydrogens (tertiary/aromatic N) is 1. The Bertz CT molecular complexity index is 841. The van der Waals surface area contributed by atoms with Crippen LogP contribution >= 0.6 is 11.6 Å². The molecular formula is C21H25ClN2O4. The van der Waals surface area contributed by atoms with Crippen LogP contribution in [0.5, 0.6) is 11.5 Å². The van der Waals surface area contributed by atoms with Crippen molar-refractivity contribution in [2.24, 2.45) is 0 Å². The zero-order valence-electron chi connectivity index (χ0n) is 16.5. The van der Waals surface area contributed by atoms with E-state index in [4.69, 9.17) is 21.1 Å². The Kier molecular flexibility index (Phi) is 7.70. The largest absolute Gasteiger partial charge is 0.497 e. The first kappa shape index (κ1) is 21.6. The number of likely N-dealkylation sites (N-methyl/N-ethyl adjacent to an activating group) is 1. The third-order valence-electron chi connectivity index (χ3n) is 4.12. The molecule has 1 unspecified atom stereocenters. The molecule has 2 amide bonds. The van der Waals surface area contributed by atoms with Crippen molar-refractivity contribution in [1.82, 2.24) is 4.90 Å². The molecule has 2 aromatic rings. The summed E-state index contributed by atoms with van der Waals surface area (Å²) in [5, 5.41) is 3.20. The fourth-order valence-electron chi connectivity index (χ4n) is 2.62. The third kappa shape index (κ3) is 5.89. The number of hydrogen-bond acceptors (Lipinski definition) is 4. The molecule has 6 nitrogen and oxygen atoms in total. The van der Waals surface area contributed by atoms with Crippen LogP contribution in [0.25, 0.3) is 0 Å². The van der Waals surface area contributed by atoms with E-state index < -0.39 is 6.10 Å². The van der Waals surface area contributed by atoms with E-state index in [0.29, 0.717) is 28.8 Å². The van der Waals surface area contributed by atoms with E-state index >= 15 is 0 Å². The Labute approximate surface area is 170 Å². The van der Waals surface area contributed by atoms with Gasteiger partial charge in [-0.05, 0) is 50.6 Å². The Morgan fingerprint density at radius 2 is 1.96 bits per heavy atom. The minimum absolute atomic E-state index is 0.0816.